The van der Waals surface area contributed by atoms with E-state index in [0.717, 1.165) is 24.8 Å². The van der Waals surface area contributed by atoms with Crippen molar-refractivity contribution >= 4 is 11.9 Å². The molecule has 1 atom stereocenters. The molecule has 0 unspecified atom stereocenters. The Morgan fingerprint density at radius 3 is 2.40 bits per heavy atom. The molecule has 128 valence electrons. The first-order valence-electron chi connectivity index (χ1n) is 8.97. The highest BCUT2D eigenvalue weighted by molar-refractivity contribution is 6.04. The van der Waals surface area contributed by atoms with Crippen LogP contribution in [-0.4, -0.2) is 34.3 Å². The third kappa shape index (κ3) is 3.04. The van der Waals surface area contributed by atoms with Gasteiger partial charge in [0.2, 0.25) is 0 Å². The number of fused-ring (bicyclic) bond motifs is 2. The number of carbonyl (C=O) groups is 2. The third-order valence-corrected chi connectivity index (χ3v) is 5.22. The van der Waals surface area contributed by atoms with Crippen LogP contribution in [0.25, 0.3) is 0 Å². The van der Waals surface area contributed by atoms with Crippen molar-refractivity contribution < 1.29 is 9.59 Å². The van der Waals surface area contributed by atoms with E-state index in [1.54, 1.807) is 4.90 Å². The van der Waals surface area contributed by atoms with Crippen LogP contribution >= 0.6 is 0 Å². The number of unbranched alkanes of at least 4 members (excludes halogenated alkanes) is 1. The molecule has 0 saturated carbocycles. The second kappa shape index (κ2) is 6.71. The van der Waals surface area contributed by atoms with Crippen LogP contribution in [0.2, 0.25) is 0 Å². The maximum atomic E-state index is 12.7. The summed E-state index contributed by atoms with van der Waals surface area (Å²) in [5, 5.41) is 0. The fourth-order valence-corrected chi connectivity index (χ4v) is 3.82. The van der Waals surface area contributed by atoms with Gasteiger partial charge >= 0.3 is 6.03 Å². The Morgan fingerprint density at radius 1 is 0.880 bits per heavy atom. The van der Waals surface area contributed by atoms with Crippen molar-refractivity contribution in [3.05, 3.63) is 71.3 Å². The van der Waals surface area contributed by atoms with Gasteiger partial charge in [0.15, 0.2) is 0 Å². The Labute approximate surface area is 148 Å². The zero-order chi connectivity index (χ0) is 17.2. The van der Waals surface area contributed by atoms with Crippen LogP contribution in [0.15, 0.2) is 54.6 Å². The summed E-state index contributed by atoms with van der Waals surface area (Å²) in [5.74, 6) is -0.0285. The van der Waals surface area contributed by atoms with E-state index in [-0.39, 0.29) is 18.0 Å². The van der Waals surface area contributed by atoms with Crippen LogP contribution in [0.4, 0.5) is 4.79 Å². The molecule has 4 rings (SSSR count). The molecule has 0 radical (unpaired) electrons. The molecule has 4 heteroatoms. The number of imide groups is 1. The lowest BCUT2D eigenvalue weighted by Crippen LogP contribution is -2.39. The van der Waals surface area contributed by atoms with E-state index in [9.17, 15) is 9.59 Å². The summed E-state index contributed by atoms with van der Waals surface area (Å²) in [5.41, 5.74) is 3.65. The molecule has 25 heavy (non-hydrogen) atoms. The molecule has 2 aromatic rings. The van der Waals surface area contributed by atoms with Crippen molar-refractivity contribution in [2.24, 2.45) is 0 Å². The Balaban J connectivity index is 1.36. The molecule has 0 aromatic heterocycles. The number of carbonyl (C=O) groups excluding carboxylic acids is 2. The van der Waals surface area contributed by atoms with Crippen LogP contribution in [0.3, 0.4) is 0 Å². The largest absolute Gasteiger partial charge is 0.327 e. The molecule has 0 spiro atoms. The van der Waals surface area contributed by atoms with E-state index in [2.05, 4.69) is 18.2 Å². The van der Waals surface area contributed by atoms with Crippen LogP contribution in [0.5, 0.6) is 0 Å². The number of rotatable bonds is 5. The first-order valence-corrected chi connectivity index (χ1v) is 8.97. The van der Waals surface area contributed by atoms with E-state index >= 15 is 0 Å². The summed E-state index contributed by atoms with van der Waals surface area (Å²) in [4.78, 5) is 28.5. The zero-order valence-corrected chi connectivity index (χ0v) is 14.2. The van der Waals surface area contributed by atoms with Crippen LogP contribution in [0.1, 0.15) is 29.5 Å². The number of amides is 3. The van der Waals surface area contributed by atoms with Crippen LogP contribution < -0.4 is 0 Å². The molecule has 2 aliphatic heterocycles. The van der Waals surface area contributed by atoms with Gasteiger partial charge in [-0.05, 0) is 36.0 Å². The van der Waals surface area contributed by atoms with Gasteiger partial charge in [0.25, 0.3) is 5.91 Å². The minimum absolute atomic E-state index is 0.0285. The van der Waals surface area contributed by atoms with Crippen molar-refractivity contribution in [2.45, 2.75) is 38.3 Å². The molecular formula is C21H22N2O2. The maximum absolute atomic E-state index is 12.7. The Kier molecular flexibility index (Phi) is 4.26. The SMILES string of the molecule is O=C1[C@@H]2Cc3ccccc3CN2C(=O)N1CCCCc1ccccc1. The fraction of sp³-hybridized carbons (Fsp3) is 0.333. The van der Waals surface area contributed by atoms with Crippen LogP contribution in [-0.2, 0) is 24.2 Å². The van der Waals surface area contributed by atoms with E-state index in [4.69, 9.17) is 0 Å². The Morgan fingerprint density at radius 2 is 1.60 bits per heavy atom. The molecule has 0 bridgehead atoms. The van der Waals surface area contributed by atoms with Gasteiger partial charge in [0, 0.05) is 19.5 Å². The van der Waals surface area contributed by atoms with Gasteiger partial charge in [-0.1, -0.05) is 54.6 Å². The average molecular weight is 334 g/mol. The molecule has 2 aliphatic rings. The van der Waals surface area contributed by atoms with Crippen molar-refractivity contribution in [1.29, 1.82) is 0 Å². The fourth-order valence-electron chi connectivity index (χ4n) is 3.82. The van der Waals surface area contributed by atoms with E-state index in [1.165, 1.54) is 16.0 Å². The Hall–Kier alpha value is -2.62. The van der Waals surface area contributed by atoms with Gasteiger partial charge < -0.3 is 4.90 Å². The summed E-state index contributed by atoms with van der Waals surface area (Å²) in [6.07, 6.45) is 3.45. The summed E-state index contributed by atoms with van der Waals surface area (Å²) in [6.45, 7) is 1.07. The average Bonchev–Trinajstić information content (AvgIpc) is 2.88. The van der Waals surface area contributed by atoms with E-state index < -0.39 is 0 Å². The second-order valence-corrected chi connectivity index (χ2v) is 6.83. The number of hydrogen-bond acceptors (Lipinski definition) is 2. The van der Waals surface area contributed by atoms with Crippen molar-refractivity contribution in [2.75, 3.05) is 6.54 Å². The van der Waals surface area contributed by atoms with Gasteiger partial charge in [-0.3, -0.25) is 9.69 Å². The quantitative estimate of drug-likeness (QED) is 0.621. The van der Waals surface area contributed by atoms with Gasteiger partial charge in [0.1, 0.15) is 6.04 Å². The van der Waals surface area contributed by atoms with Crippen molar-refractivity contribution in [3.8, 4) is 0 Å². The summed E-state index contributed by atoms with van der Waals surface area (Å²) in [7, 11) is 0. The molecule has 1 fully saturated rings. The third-order valence-electron chi connectivity index (χ3n) is 5.22. The Bertz CT molecular complexity index is 744. The summed E-state index contributed by atoms with van der Waals surface area (Å²) in [6, 6.07) is 18.0. The lowest BCUT2D eigenvalue weighted by molar-refractivity contribution is -0.128. The molecule has 0 aliphatic carbocycles. The second-order valence-electron chi connectivity index (χ2n) is 6.83. The highest BCUT2D eigenvalue weighted by atomic mass is 16.2. The molecule has 2 aromatic carbocycles. The number of urea groups is 1. The highest BCUT2D eigenvalue weighted by Gasteiger charge is 2.46. The van der Waals surface area contributed by atoms with Crippen molar-refractivity contribution in [1.82, 2.24) is 9.80 Å². The number of benzene rings is 2. The number of aryl methyl sites for hydroxylation is 1. The lowest BCUT2D eigenvalue weighted by atomic mass is 9.95. The zero-order valence-electron chi connectivity index (χ0n) is 14.2. The molecule has 4 nitrogen and oxygen atoms in total. The number of hydrogen-bond donors (Lipinski definition) is 0. The lowest BCUT2D eigenvalue weighted by Gasteiger charge is -2.28. The molecule has 2 heterocycles. The normalized spacial score (nSPS) is 19.1. The predicted octanol–water partition coefficient (Wildman–Crippen LogP) is 3.40. The number of nitrogens with zero attached hydrogens (tertiary/aromatic N) is 2. The minimum atomic E-state index is -0.309. The minimum Gasteiger partial charge on any atom is -0.308 e. The smallest absolute Gasteiger partial charge is 0.308 e. The van der Waals surface area contributed by atoms with Gasteiger partial charge in [0.05, 0.1) is 0 Å². The molecule has 1 saturated heterocycles. The summed E-state index contributed by atoms with van der Waals surface area (Å²) < 4.78 is 0. The van der Waals surface area contributed by atoms with Crippen molar-refractivity contribution in [3.63, 3.8) is 0 Å². The standard InChI is InChI=1S/C21H22N2O2/c24-20-19-14-17-11-4-5-12-18(17)15-23(19)21(25)22(20)13-7-6-10-16-8-2-1-3-9-16/h1-5,8-9,11-12,19H,6-7,10,13-15H2/t19-/m0/s1. The molecule has 3 amide bonds. The maximum Gasteiger partial charge on any atom is 0.327 e. The summed E-state index contributed by atoms with van der Waals surface area (Å²) >= 11 is 0. The van der Waals surface area contributed by atoms with Crippen LogP contribution in [0, 0.1) is 0 Å². The van der Waals surface area contributed by atoms with E-state index in [0.29, 0.717) is 19.5 Å². The molecular weight excluding hydrogens is 312 g/mol. The molecule has 0 N–H and O–H groups in total. The predicted molar refractivity (Wildman–Crippen MR) is 96.0 cm³/mol. The first-order chi connectivity index (χ1) is 12.2. The van der Waals surface area contributed by atoms with Gasteiger partial charge in [-0.2, -0.15) is 0 Å². The van der Waals surface area contributed by atoms with E-state index in [1.807, 2.05) is 36.4 Å². The van der Waals surface area contributed by atoms with Gasteiger partial charge in [-0.15, -0.1) is 0 Å². The highest BCUT2D eigenvalue weighted by Crippen LogP contribution is 2.30. The topological polar surface area (TPSA) is 40.6 Å². The van der Waals surface area contributed by atoms with Gasteiger partial charge in [-0.25, -0.2) is 4.79 Å². The monoisotopic (exact) mass is 334 g/mol. The first kappa shape index (κ1) is 15.9.